The number of aryl methyl sites for hydroxylation is 1. The van der Waals surface area contributed by atoms with Crippen LogP contribution in [0.2, 0.25) is 0 Å². The summed E-state index contributed by atoms with van der Waals surface area (Å²) in [5, 5.41) is 4.24. The van der Waals surface area contributed by atoms with Crippen LogP contribution in [0.5, 0.6) is 0 Å². The van der Waals surface area contributed by atoms with Gasteiger partial charge in [-0.3, -0.25) is 9.40 Å². The maximum absolute atomic E-state index is 12.6. The van der Waals surface area contributed by atoms with Crippen LogP contribution in [0.15, 0.2) is 70.3 Å². The Balaban J connectivity index is 1.67. The molecule has 0 aliphatic heterocycles. The van der Waals surface area contributed by atoms with Gasteiger partial charge in [0.15, 0.2) is 0 Å². The number of benzene rings is 2. The molecule has 0 spiro atoms. The van der Waals surface area contributed by atoms with Crippen molar-refractivity contribution in [2.45, 2.75) is 37.6 Å². The zero-order valence-corrected chi connectivity index (χ0v) is 17.5. The van der Waals surface area contributed by atoms with Gasteiger partial charge >= 0.3 is 0 Å². The number of sulfonamides is 1. The van der Waals surface area contributed by atoms with Crippen molar-refractivity contribution in [2.75, 3.05) is 4.72 Å². The summed E-state index contributed by atoms with van der Waals surface area (Å²) >= 11 is 3.41. The number of nitrogens with zero attached hydrogens (tertiary/aromatic N) is 2. The molecule has 0 radical (unpaired) electrons. The lowest BCUT2D eigenvalue weighted by Gasteiger charge is -2.07. The number of anilines is 1. The van der Waals surface area contributed by atoms with Crippen LogP contribution in [0, 0.1) is 0 Å². The Hall–Kier alpha value is -2.12. The standard InChI is InChI=1S/C20H22BrN3O2S/c1-2-3-4-16-7-11-20(12-8-16)27(25,26)23-19-13-22-24(15-19)14-17-5-9-18(21)10-6-17/h5-13,15,23H,2-4,14H2,1H3. The minimum Gasteiger partial charge on any atom is -0.276 e. The van der Waals surface area contributed by atoms with Crippen molar-refractivity contribution in [3.8, 4) is 0 Å². The molecule has 0 saturated heterocycles. The lowest BCUT2D eigenvalue weighted by Crippen LogP contribution is -2.12. The molecule has 1 N–H and O–H groups in total. The fraction of sp³-hybridized carbons (Fsp3) is 0.250. The van der Waals surface area contributed by atoms with Gasteiger partial charge in [-0.25, -0.2) is 8.42 Å². The molecule has 0 amide bonds. The highest BCUT2D eigenvalue weighted by molar-refractivity contribution is 9.10. The Morgan fingerprint density at radius 2 is 1.70 bits per heavy atom. The van der Waals surface area contributed by atoms with E-state index in [1.807, 2.05) is 36.4 Å². The van der Waals surface area contributed by atoms with Gasteiger partial charge < -0.3 is 0 Å². The highest BCUT2D eigenvalue weighted by Gasteiger charge is 2.15. The third-order valence-electron chi connectivity index (χ3n) is 4.20. The largest absolute Gasteiger partial charge is 0.276 e. The maximum atomic E-state index is 12.6. The second kappa shape index (κ2) is 8.71. The minimum atomic E-state index is -3.63. The van der Waals surface area contributed by atoms with Gasteiger partial charge in [0, 0.05) is 10.7 Å². The molecule has 0 saturated carbocycles. The topological polar surface area (TPSA) is 64.0 Å². The number of hydrogen-bond acceptors (Lipinski definition) is 3. The summed E-state index contributed by atoms with van der Waals surface area (Å²) in [4.78, 5) is 0.253. The van der Waals surface area contributed by atoms with Crippen LogP contribution in [0.3, 0.4) is 0 Å². The molecule has 27 heavy (non-hydrogen) atoms. The molecule has 0 fully saturated rings. The van der Waals surface area contributed by atoms with Crippen molar-refractivity contribution >= 4 is 31.6 Å². The van der Waals surface area contributed by atoms with Crippen LogP contribution in [0.1, 0.15) is 30.9 Å². The van der Waals surface area contributed by atoms with E-state index in [1.165, 1.54) is 6.20 Å². The van der Waals surface area contributed by atoms with E-state index in [-0.39, 0.29) is 4.90 Å². The van der Waals surface area contributed by atoms with Gasteiger partial charge in [-0.1, -0.05) is 53.5 Å². The van der Waals surface area contributed by atoms with Gasteiger partial charge in [0.2, 0.25) is 0 Å². The molecule has 0 atom stereocenters. The smallest absolute Gasteiger partial charge is 0.261 e. The second-order valence-corrected chi connectivity index (χ2v) is 9.00. The van der Waals surface area contributed by atoms with Crippen molar-refractivity contribution in [1.82, 2.24) is 9.78 Å². The van der Waals surface area contributed by atoms with Crippen LogP contribution in [-0.4, -0.2) is 18.2 Å². The lowest BCUT2D eigenvalue weighted by molar-refractivity contribution is 0.601. The Morgan fingerprint density at radius 1 is 1.04 bits per heavy atom. The van der Waals surface area contributed by atoms with Gasteiger partial charge in [-0.05, 0) is 48.2 Å². The van der Waals surface area contributed by atoms with Crippen LogP contribution >= 0.6 is 15.9 Å². The average Bonchev–Trinajstić information content (AvgIpc) is 3.08. The van der Waals surface area contributed by atoms with Crippen LogP contribution < -0.4 is 4.72 Å². The molecule has 0 aliphatic carbocycles. The maximum Gasteiger partial charge on any atom is 0.261 e. The quantitative estimate of drug-likeness (QED) is 0.537. The first kappa shape index (κ1) is 19.6. The Morgan fingerprint density at radius 3 is 2.37 bits per heavy atom. The van der Waals surface area contributed by atoms with Crippen LogP contribution in [0.4, 0.5) is 5.69 Å². The third kappa shape index (κ3) is 5.43. The summed E-state index contributed by atoms with van der Waals surface area (Å²) in [6.45, 7) is 2.71. The van der Waals surface area contributed by atoms with Gasteiger partial charge in [0.1, 0.15) is 0 Å². The predicted octanol–water partition coefficient (Wildman–Crippen LogP) is 4.84. The third-order valence-corrected chi connectivity index (χ3v) is 6.12. The van der Waals surface area contributed by atoms with Crippen LogP contribution in [-0.2, 0) is 23.0 Å². The van der Waals surface area contributed by atoms with E-state index in [0.29, 0.717) is 12.2 Å². The van der Waals surface area contributed by atoms with E-state index >= 15 is 0 Å². The molecule has 3 aromatic rings. The summed E-state index contributed by atoms with van der Waals surface area (Å²) in [7, 11) is -3.63. The van der Waals surface area contributed by atoms with E-state index < -0.39 is 10.0 Å². The number of rotatable bonds is 8. The molecular formula is C20H22BrN3O2S. The van der Waals surface area contributed by atoms with Crippen molar-refractivity contribution in [2.24, 2.45) is 0 Å². The van der Waals surface area contributed by atoms with Crippen molar-refractivity contribution < 1.29 is 8.42 Å². The first-order valence-corrected chi connectivity index (χ1v) is 11.1. The fourth-order valence-electron chi connectivity index (χ4n) is 2.71. The van der Waals surface area contributed by atoms with E-state index in [0.717, 1.165) is 34.9 Å². The van der Waals surface area contributed by atoms with Gasteiger partial charge in [0.25, 0.3) is 10.0 Å². The molecular weight excluding hydrogens is 426 g/mol. The van der Waals surface area contributed by atoms with Gasteiger partial charge in [-0.2, -0.15) is 5.10 Å². The van der Waals surface area contributed by atoms with Crippen molar-refractivity contribution in [3.05, 3.63) is 76.5 Å². The van der Waals surface area contributed by atoms with E-state index in [1.54, 1.807) is 23.0 Å². The normalized spacial score (nSPS) is 11.5. The molecule has 1 heterocycles. The van der Waals surface area contributed by atoms with E-state index in [9.17, 15) is 8.42 Å². The molecule has 2 aromatic carbocycles. The summed E-state index contributed by atoms with van der Waals surface area (Å²) < 4.78 is 30.5. The Bertz CT molecular complexity index is 981. The summed E-state index contributed by atoms with van der Waals surface area (Å²) in [6.07, 6.45) is 6.39. The van der Waals surface area contributed by atoms with Gasteiger partial charge in [-0.15, -0.1) is 0 Å². The van der Waals surface area contributed by atoms with Crippen LogP contribution in [0.25, 0.3) is 0 Å². The zero-order chi connectivity index (χ0) is 19.3. The molecule has 3 rings (SSSR count). The Labute approximate surface area is 168 Å². The van der Waals surface area contributed by atoms with E-state index in [2.05, 4.69) is 32.7 Å². The van der Waals surface area contributed by atoms with Crippen molar-refractivity contribution in [1.29, 1.82) is 0 Å². The van der Waals surface area contributed by atoms with Gasteiger partial charge in [0.05, 0.1) is 23.3 Å². The highest BCUT2D eigenvalue weighted by atomic mass is 79.9. The average molecular weight is 448 g/mol. The monoisotopic (exact) mass is 447 g/mol. The molecule has 1 aromatic heterocycles. The number of unbranched alkanes of at least 4 members (excludes halogenated alkanes) is 1. The molecule has 7 heteroatoms. The predicted molar refractivity (Wildman–Crippen MR) is 111 cm³/mol. The second-order valence-electron chi connectivity index (χ2n) is 6.41. The molecule has 142 valence electrons. The Kier molecular flexibility index (Phi) is 6.34. The summed E-state index contributed by atoms with van der Waals surface area (Å²) in [5.41, 5.74) is 2.68. The molecule has 0 unspecified atom stereocenters. The lowest BCUT2D eigenvalue weighted by atomic mass is 10.1. The minimum absolute atomic E-state index is 0.253. The number of halogens is 1. The number of aromatic nitrogens is 2. The highest BCUT2D eigenvalue weighted by Crippen LogP contribution is 2.18. The summed E-state index contributed by atoms with van der Waals surface area (Å²) in [5.74, 6) is 0. The zero-order valence-electron chi connectivity index (χ0n) is 15.1. The number of nitrogens with one attached hydrogen (secondary N) is 1. The molecule has 0 aliphatic rings. The fourth-order valence-corrected chi connectivity index (χ4v) is 4.00. The molecule has 5 nitrogen and oxygen atoms in total. The SMILES string of the molecule is CCCCc1ccc(S(=O)(=O)Nc2cnn(Cc3ccc(Br)cc3)c2)cc1. The van der Waals surface area contributed by atoms with E-state index in [4.69, 9.17) is 0 Å². The summed E-state index contributed by atoms with van der Waals surface area (Å²) in [6, 6.07) is 15.0. The van der Waals surface area contributed by atoms with Crippen molar-refractivity contribution in [3.63, 3.8) is 0 Å². The first-order valence-electron chi connectivity index (χ1n) is 8.85. The number of hydrogen-bond donors (Lipinski definition) is 1. The molecule has 0 bridgehead atoms. The first-order chi connectivity index (χ1) is 13.0.